The largest absolute Gasteiger partial charge is 0.450 e. The Kier molecular flexibility index (Phi) is 6.30. The molecule has 6 heteroatoms. The third-order valence-electron chi connectivity index (χ3n) is 4.28. The van der Waals surface area contributed by atoms with Crippen LogP contribution in [0.15, 0.2) is 24.3 Å². The lowest BCUT2D eigenvalue weighted by molar-refractivity contribution is -0.120. The van der Waals surface area contributed by atoms with E-state index >= 15 is 0 Å². The van der Waals surface area contributed by atoms with Crippen LogP contribution in [0.2, 0.25) is 0 Å². The molecule has 1 saturated heterocycles. The molecule has 2 rings (SSSR count). The van der Waals surface area contributed by atoms with Gasteiger partial charge in [0.15, 0.2) is 5.78 Å². The summed E-state index contributed by atoms with van der Waals surface area (Å²) < 4.78 is 17.9. The normalized spacial score (nSPS) is 16.3. The van der Waals surface area contributed by atoms with Gasteiger partial charge in [-0.3, -0.25) is 4.79 Å². The number of likely N-dealkylation sites (tertiary alicyclic amines) is 1. The summed E-state index contributed by atoms with van der Waals surface area (Å²) >= 11 is 0. The maximum Gasteiger partial charge on any atom is 0.409 e. The van der Waals surface area contributed by atoms with Crippen molar-refractivity contribution < 1.29 is 18.7 Å². The maximum atomic E-state index is 13.0. The highest BCUT2D eigenvalue weighted by atomic mass is 19.1. The summed E-state index contributed by atoms with van der Waals surface area (Å²) in [6.45, 7) is 3.23. The molecule has 1 aliphatic rings. The first-order chi connectivity index (χ1) is 11.5. The van der Waals surface area contributed by atoms with Crippen LogP contribution < -0.4 is 0 Å². The van der Waals surface area contributed by atoms with Crippen LogP contribution in [0.5, 0.6) is 0 Å². The molecule has 0 N–H and O–H groups in total. The molecule has 1 aliphatic heterocycles. The molecule has 1 heterocycles. The van der Waals surface area contributed by atoms with E-state index in [9.17, 15) is 19.2 Å². The van der Waals surface area contributed by atoms with E-state index in [1.807, 2.05) is 6.07 Å². The molecule has 1 aromatic rings. The molecule has 24 heavy (non-hydrogen) atoms. The van der Waals surface area contributed by atoms with E-state index in [-0.39, 0.29) is 17.8 Å². The number of ketones is 1. The van der Waals surface area contributed by atoms with E-state index in [1.54, 1.807) is 11.8 Å². The number of ether oxygens (including phenoxy) is 1. The molecular formula is C18H21FN2O3. The van der Waals surface area contributed by atoms with Crippen molar-refractivity contribution in [1.82, 2.24) is 4.90 Å². The van der Waals surface area contributed by atoms with Crippen molar-refractivity contribution in [2.75, 3.05) is 19.7 Å². The number of Topliss-reactive ketones (excluding diaryl/α,β-unsaturated/α-hetero) is 1. The Morgan fingerprint density at radius 1 is 1.33 bits per heavy atom. The summed E-state index contributed by atoms with van der Waals surface area (Å²) in [7, 11) is 0. The second-order valence-electron chi connectivity index (χ2n) is 5.91. The Balaban J connectivity index is 1.89. The van der Waals surface area contributed by atoms with E-state index in [1.165, 1.54) is 24.3 Å². The highest BCUT2D eigenvalue weighted by molar-refractivity contribution is 5.88. The maximum absolute atomic E-state index is 13.0. The minimum atomic E-state index is -0.867. The first-order valence-electron chi connectivity index (χ1n) is 8.14. The van der Waals surface area contributed by atoms with Crippen LogP contribution in [0.25, 0.3) is 0 Å². The molecule has 1 unspecified atom stereocenters. The fraction of sp³-hybridized carbons (Fsp3) is 0.500. The van der Waals surface area contributed by atoms with Gasteiger partial charge in [0, 0.05) is 19.5 Å². The van der Waals surface area contributed by atoms with Gasteiger partial charge >= 0.3 is 6.09 Å². The van der Waals surface area contributed by atoms with Crippen LogP contribution in [0.3, 0.4) is 0 Å². The number of hydrogen-bond acceptors (Lipinski definition) is 4. The van der Waals surface area contributed by atoms with Gasteiger partial charge in [-0.2, -0.15) is 5.26 Å². The topological polar surface area (TPSA) is 70.4 Å². The minimum absolute atomic E-state index is 0.152. The van der Waals surface area contributed by atoms with Crippen LogP contribution >= 0.6 is 0 Å². The van der Waals surface area contributed by atoms with E-state index < -0.39 is 11.7 Å². The minimum Gasteiger partial charge on any atom is -0.450 e. The molecule has 128 valence electrons. The van der Waals surface area contributed by atoms with Crippen molar-refractivity contribution in [2.24, 2.45) is 5.92 Å². The molecule has 0 saturated carbocycles. The van der Waals surface area contributed by atoms with Gasteiger partial charge in [-0.1, -0.05) is 12.1 Å². The van der Waals surface area contributed by atoms with E-state index in [0.717, 1.165) is 0 Å². The molecule has 0 radical (unpaired) electrons. The van der Waals surface area contributed by atoms with Crippen molar-refractivity contribution >= 4 is 11.9 Å². The number of halogens is 1. The number of carbonyl (C=O) groups is 2. The molecule has 0 aromatic heterocycles. The Labute approximate surface area is 141 Å². The van der Waals surface area contributed by atoms with Gasteiger partial charge in [0.1, 0.15) is 11.7 Å². The lowest BCUT2D eigenvalue weighted by Crippen LogP contribution is -2.39. The van der Waals surface area contributed by atoms with E-state index in [2.05, 4.69) is 0 Å². The number of benzene rings is 1. The van der Waals surface area contributed by atoms with Gasteiger partial charge in [0.2, 0.25) is 0 Å². The molecule has 5 nitrogen and oxygen atoms in total. The second kappa shape index (κ2) is 8.44. The molecule has 1 amide bonds. The average Bonchev–Trinajstić information content (AvgIpc) is 2.58. The Morgan fingerprint density at radius 3 is 2.50 bits per heavy atom. The van der Waals surface area contributed by atoms with E-state index in [4.69, 9.17) is 4.74 Å². The van der Waals surface area contributed by atoms with Crippen molar-refractivity contribution in [1.29, 1.82) is 5.26 Å². The second-order valence-corrected chi connectivity index (χ2v) is 5.91. The molecule has 0 spiro atoms. The number of piperidine rings is 1. The third kappa shape index (κ3) is 4.54. The van der Waals surface area contributed by atoms with Crippen LogP contribution in [0.4, 0.5) is 9.18 Å². The van der Waals surface area contributed by atoms with Crippen molar-refractivity contribution in [2.45, 2.75) is 32.1 Å². The number of rotatable bonds is 5. The molecule has 1 fully saturated rings. The Morgan fingerprint density at radius 2 is 1.96 bits per heavy atom. The summed E-state index contributed by atoms with van der Waals surface area (Å²) in [6.07, 6.45) is 1.41. The molecule has 1 atom stereocenters. The fourth-order valence-corrected chi connectivity index (χ4v) is 2.92. The van der Waals surface area contributed by atoms with Gasteiger partial charge in [0.05, 0.1) is 12.7 Å². The zero-order valence-corrected chi connectivity index (χ0v) is 13.7. The summed E-state index contributed by atoms with van der Waals surface area (Å²) in [5.41, 5.74) is 0.521. The summed E-state index contributed by atoms with van der Waals surface area (Å²) in [4.78, 5) is 25.7. The molecule has 1 aromatic carbocycles. The van der Waals surface area contributed by atoms with Crippen LogP contribution in [-0.2, 0) is 9.53 Å². The standard InChI is InChI=1S/C18H21FN2O3/c1-2-24-18(23)21-9-7-13(8-10-21)11-17(22)16(12-20)14-3-5-15(19)6-4-14/h3-6,13,16H,2,7-11H2,1H3. The lowest BCUT2D eigenvalue weighted by Gasteiger charge is -2.31. The van der Waals surface area contributed by atoms with Crippen molar-refractivity contribution in [3.63, 3.8) is 0 Å². The number of nitriles is 1. The summed E-state index contributed by atoms with van der Waals surface area (Å²) in [5, 5.41) is 9.29. The van der Waals surface area contributed by atoms with E-state index in [0.29, 0.717) is 44.5 Å². The predicted octanol–water partition coefficient (Wildman–Crippen LogP) is 3.26. The number of nitrogens with zero attached hydrogens (tertiary/aromatic N) is 2. The Bertz CT molecular complexity index is 616. The third-order valence-corrected chi connectivity index (χ3v) is 4.28. The van der Waals surface area contributed by atoms with Crippen LogP contribution in [0.1, 0.15) is 37.7 Å². The molecular weight excluding hydrogens is 311 g/mol. The SMILES string of the molecule is CCOC(=O)N1CCC(CC(=O)C(C#N)c2ccc(F)cc2)CC1. The van der Waals surface area contributed by atoms with Gasteiger partial charge < -0.3 is 9.64 Å². The zero-order chi connectivity index (χ0) is 17.5. The fourth-order valence-electron chi connectivity index (χ4n) is 2.92. The highest BCUT2D eigenvalue weighted by Crippen LogP contribution is 2.26. The van der Waals surface area contributed by atoms with Gasteiger partial charge in [-0.25, -0.2) is 9.18 Å². The number of hydrogen-bond donors (Lipinski definition) is 0. The highest BCUT2D eigenvalue weighted by Gasteiger charge is 2.28. The Hall–Kier alpha value is -2.42. The van der Waals surface area contributed by atoms with Crippen LogP contribution in [-0.4, -0.2) is 36.5 Å². The summed E-state index contributed by atoms with van der Waals surface area (Å²) in [5.74, 6) is -1.26. The van der Waals surface area contributed by atoms with Crippen molar-refractivity contribution in [3.05, 3.63) is 35.6 Å². The molecule has 0 aliphatic carbocycles. The smallest absolute Gasteiger partial charge is 0.409 e. The van der Waals surface area contributed by atoms with Crippen LogP contribution in [0, 0.1) is 23.1 Å². The summed E-state index contributed by atoms with van der Waals surface area (Å²) in [6, 6.07) is 7.48. The average molecular weight is 332 g/mol. The van der Waals surface area contributed by atoms with Gasteiger partial charge in [-0.05, 0) is 43.4 Å². The van der Waals surface area contributed by atoms with Crippen molar-refractivity contribution in [3.8, 4) is 6.07 Å². The zero-order valence-electron chi connectivity index (χ0n) is 13.7. The number of amides is 1. The monoisotopic (exact) mass is 332 g/mol. The first-order valence-corrected chi connectivity index (χ1v) is 8.14. The lowest BCUT2D eigenvalue weighted by atomic mass is 9.86. The molecule has 0 bridgehead atoms. The predicted molar refractivity (Wildman–Crippen MR) is 85.7 cm³/mol. The number of carbonyl (C=O) groups excluding carboxylic acids is 2. The first kappa shape index (κ1) is 17.9. The van der Waals surface area contributed by atoms with Gasteiger partial charge in [0.25, 0.3) is 0 Å². The van der Waals surface area contributed by atoms with Gasteiger partial charge in [-0.15, -0.1) is 0 Å². The quantitative estimate of drug-likeness (QED) is 0.830.